The molecule has 2 aromatic rings. The molecular formula is C16H17IN2O. The fourth-order valence-electron chi connectivity index (χ4n) is 1.93. The van der Waals surface area contributed by atoms with Crippen LogP contribution in [0.1, 0.15) is 11.1 Å². The fraction of sp³-hybridized carbons (Fsp3) is 0.188. The summed E-state index contributed by atoms with van der Waals surface area (Å²) < 4.78 is 1.03. The monoisotopic (exact) mass is 380 g/mol. The number of amides is 2. The molecule has 0 fully saturated rings. The molecule has 0 unspecified atom stereocenters. The minimum Gasteiger partial charge on any atom is -0.338 e. The lowest BCUT2D eigenvalue weighted by molar-refractivity contribution is 0.252. The van der Waals surface area contributed by atoms with E-state index in [2.05, 4.69) is 52.3 Å². The lowest BCUT2D eigenvalue weighted by atomic mass is 10.1. The third kappa shape index (κ3) is 4.23. The van der Waals surface area contributed by atoms with Crippen molar-refractivity contribution in [1.82, 2.24) is 5.32 Å². The van der Waals surface area contributed by atoms with Gasteiger partial charge in [0.15, 0.2) is 0 Å². The van der Waals surface area contributed by atoms with Gasteiger partial charge in [0.2, 0.25) is 0 Å². The fourth-order valence-corrected chi connectivity index (χ4v) is 2.45. The average molecular weight is 380 g/mol. The molecule has 0 saturated heterocycles. The Morgan fingerprint density at radius 2 is 1.80 bits per heavy atom. The molecule has 0 atom stereocenters. The highest BCUT2D eigenvalue weighted by Gasteiger charge is 2.04. The van der Waals surface area contributed by atoms with E-state index in [1.807, 2.05) is 36.4 Å². The third-order valence-corrected chi connectivity index (χ3v) is 4.00. The number of hydrogen-bond donors (Lipinski definition) is 2. The van der Waals surface area contributed by atoms with Crippen molar-refractivity contribution in [2.75, 3.05) is 11.9 Å². The summed E-state index contributed by atoms with van der Waals surface area (Å²) in [6.45, 7) is 2.71. The molecule has 0 aliphatic carbocycles. The number of carbonyl (C=O) groups excluding carboxylic acids is 1. The van der Waals surface area contributed by atoms with Gasteiger partial charge < -0.3 is 10.6 Å². The van der Waals surface area contributed by atoms with Crippen LogP contribution in [0.4, 0.5) is 10.5 Å². The lowest BCUT2D eigenvalue weighted by Crippen LogP contribution is -2.30. The van der Waals surface area contributed by atoms with Gasteiger partial charge in [-0.25, -0.2) is 4.79 Å². The largest absolute Gasteiger partial charge is 0.338 e. The van der Waals surface area contributed by atoms with E-state index in [0.717, 1.165) is 15.7 Å². The quantitative estimate of drug-likeness (QED) is 0.775. The number of rotatable bonds is 4. The maximum absolute atomic E-state index is 11.8. The number of aryl methyl sites for hydroxylation is 1. The van der Waals surface area contributed by atoms with Crippen molar-refractivity contribution in [2.45, 2.75) is 13.3 Å². The van der Waals surface area contributed by atoms with Crippen molar-refractivity contribution < 1.29 is 4.79 Å². The molecule has 0 aliphatic rings. The summed E-state index contributed by atoms with van der Waals surface area (Å²) >= 11 is 2.20. The zero-order valence-corrected chi connectivity index (χ0v) is 13.5. The number of carbonyl (C=O) groups is 1. The summed E-state index contributed by atoms with van der Waals surface area (Å²) in [7, 11) is 0. The predicted molar refractivity (Wildman–Crippen MR) is 91.1 cm³/mol. The summed E-state index contributed by atoms with van der Waals surface area (Å²) in [5.74, 6) is 0. The Balaban J connectivity index is 1.82. The number of anilines is 1. The van der Waals surface area contributed by atoms with Crippen LogP contribution in [0.3, 0.4) is 0 Å². The van der Waals surface area contributed by atoms with Gasteiger partial charge in [-0.3, -0.25) is 0 Å². The Kier molecular flexibility index (Phi) is 5.40. The van der Waals surface area contributed by atoms with Crippen LogP contribution >= 0.6 is 22.6 Å². The molecule has 2 rings (SSSR count). The molecule has 3 nitrogen and oxygen atoms in total. The summed E-state index contributed by atoms with van der Waals surface area (Å²) in [6, 6.07) is 15.8. The van der Waals surface area contributed by atoms with Gasteiger partial charge >= 0.3 is 6.03 Å². The number of hydrogen-bond acceptors (Lipinski definition) is 1. The van der Waals surface area contributed by atoms with Crippen molar-refractivity contribution in [2.24, 2.45) is 0 Å². The normalized spacial score (nSPS) is 10.1. The Hall–Kier alpha value is -1.56. The highest BCUT2D eigenvalue weighted by Crippen LogP contribution is 2.16. The molecular weight excluding hydrogens is 363 g/mol. The minimum atomic E-state index is -0.164. The molecule has 0 aliphatic heterocycles. The molecule has 20 heavy (non-hydrogen) atoms. The molecule has 0 spiro atoms. The third-order valence-electron chi connectivity index (χ3n) is 3.06. The number of para-hydroxylation sites is 1. The van der Waals surface area contributed by atoms with Crippen LogP contribution < -0.4 is 10.6 Å². The van der Waals surface area contributed by atoms with E-state index < -0.39 is 0 Å². The standard InChI is InChI=1S/C16H17IN2O/c1-12-6-2-3-7-13(12)10-11-18-16(20)19-15-9-5-4-8-14(15)17/h2-9H,10-11H2,1H3,(H2,18,19,20). The predicted octanol–water partition coefficient (Wildman–Crippen LogP) is 3.96. The van der Waals surface area contributed by atoms with Crippen molar-refractivity contribution in [3.63, 3.8) is 0 Å². The second-order valence-electron chi connectivity index (χ2n) is 4.54. The molecule has 0 saturated carbocycles. The molecule has 0 bridgehead atoms. The first-order valence-corrected chi connectivity index (χ1v) is 7.58. The average Bonchev–Trinajstić information content (AvgIpc) is 2.43. The summed E-state index contributed by atoms with van der Waals surface area (Å²) in [5.41, 5.74) is 3.36. The van der Waals surface area contributed by atoms with Crippen LogP contribution in [0.25, 0.3) is 0 Å². The molecule has 4 heteroatoms. The maximum Gasteiger partial charge on any atom is 0.319 e. The van der Waals surface area contributed by atoms with E-state index in [4.69, 9.17) is 0 Å². The second kappa shape index (κ2) is 7.28. The van der Waals surface area contributed by atoms with E-state index in [0.29, 0.717) is 6.54 Å². The number of nitrogens with one attached hydrogen (secondary N) is 2. The Bertz CT molecular complexity index is 599. The Labute approximate surface area is 132 Å². The van der Waals surface area contributed by atoms with Crippen molar-refractivity contribution >= 4 is 34.3 Å². The topological polar surface area (TPSA) is 41.1 Å². The first kappa shape index (κ1) is 14.8. The second-order valence-corrected chi connectivity index (χ2v) is 5.70. The van der Waals surface area contributed by atoms with E-state index in [1.165, 1.54) is 11.1 Å². The molecule has 0 aromatic heterocycles. The van der Waals surface area contributed by atoms with E-state index in [9.17, 15) is 4.79 Å². The molecule has 0 radical (unpaired) electrons. The first-order valence-electron chi connectivity index (χ1n) is 6.50. The van der Waals surface area contributed by atoms with Crippen molar-refractivity contribution in [3.8, 4) is 0 Å². The highest BCUT2D eigenvalue weighted by molar-refractivity contribution is 14.1. The van der Waals surface area contributed by atoms with Gasteiger partial charge in [0.05, 0.1) is 5.69 Å². The van der Waals surface area contributed by atoms with Gasteiger partial charge in [-0.2, -0.15) is 0 Å². The zero-order valence-electron chi connectivity index (χ0n) is 11.3. The zero-order chi connectivity index (χ0) is 14.4. The molecule has 0 heterocycles. The smallest absolute Gasteiger partial charge is 0.319 e. The van der Waals surface area contributed by atoms with Crippen LogP contribution in [-0.4, -0.2) is 12.6 Å². The maximum atomic E-state index is 11.8. The van der Waals surface area contributed by atoms with Crippen LogP contribution in [0.2, 0.25) is 0 Å². The Morgan fingerprint density at radius 1 is 1.10 bits per heavy atom. The van der Waals surface area contributed by atoms with Gasteiger partial charge in [0.25, 0.3) is 0 Å². The van der Waals surface area contributed by atoms with Gasteiger partial charge in [-0.1, -0.05) is 36.4 Å². The van der Waals surface area contributed by atoms with Crippen molar-refractivity contribution in [3.05, 3.63) is 63.2 Å². The lowest BCUT2D eigenvalue weighted by Gasteiger charge is -2.10. The minimum absolute atomic E-state index is 0.164. The molecule has 104 valence electrons. The van der Waals surface area contributed by atoms with Gasteiger partial charge in [-0.05, 0) is 59.2 Å². The Morgan fingerprint density at radius 3 is 2.55 bits per heavy atom. The number of benzene rings is 2. The van der Waals surface area contributed by atoms with Gasteiger partial charge in [-0.15, -0.1) is 0 Å². The molecule has 2 N–H and O–H groups in total. The van der Waals surface area contributed by atoms with Gasteiger partial charge in [0, 0.05) is 10.1 Å². The van der Waals surface area contributed by atoms with Gasteiger partial charge in [0.1, 0.15) is 0 Å². The van der Waals surface area contributed by atoms with Crippen LogP contribution in [-0.2, 0) is 6.42 Å². The highest BCUT2D eigenvalue weighted by atomic mass is 127. The first-order chi connectivity index (χ1) is 9.66. The van der Waals surface area contributed by atoms with Crippen molar-refractivity contribution in [1.29, 1.82) is 0 Å². The number of halogens is 1. The summed E-state index contributed by atoms with van der Waals surface area (Å²) in [6.07, 6.45) is 0.839. The van der Waals surface area contributed by atoms with E-state index >= 15 is 0 Å². The van der Waals surface area contributed by atoms with E-state index in [-0.39, 0.29) is 6.03 Å². The number of urea groups is 1. The van der Waals surface area contributed by atoms with Crippen LogP contribution in [0.5, 0.6) is 0 Å². The molecule has 2 aromatic carbocycles. The summed E-state index contributed by atoms with van der Waals surface area (Å²) in [4.78, 5) is 11.8. The van der Waals surface area contributed by atoms with Crippen LogP contribution in [0.15, 0.2) is 48.5 Å². The van der Waals surface area contributed by atoms with Crippen LogP contribution in [0, 0.1) is 10.5 Å². The SMILES string of the molecule is Cc1ccccc1CCNC(=O)Nc1ccccc1I. The molecule has 2 amide bonds. The van der Waals surface area contributed by atoms with E-state index in [1.54, 1.807) is 0 Å². The summed E-state index contributed by atoms with van der Waals surface area (Å²) in [5, 5.41) is 5.73.